The number of nitrogens with one attached hydrogen (secondary N) is 1. The third-order valence-electron chi connectivity index (χ3n) is 2.47. The van der Waals surface area contributed by atoms with E-state index in [1.54, 1.807) is 30.0 Å². The maximum Gasteiger partial charge on any atom is 0.242 e. The molecule has 18 heavy (non-hydrogen) atoms. The molecule has 0 aliphatic rings. The lowest BCUT2D eigenvalue weighted by molar-refractivity contribution is 0.577. The highest BCUT2D eigenvalue weighted by Gasteiger charge is 2.19. The Hall–Kier alpha value is -0.700. The molecule has 2 heterocycles. The second-order valence-corrected chi connectivity index (χ2v) is 8.12. The molecule has 0 bridgehead atoms. The van der Waals surface area contributed by atoms with Gasteiger partial charge in [-0.05, 0) is 28.9 Å². The molecular weight excluding hydrogens is 338 g/mol. The van der Waals surface area contributed by atoms with Crippen molar-refractivity contribution in [1.82, 2.24) is 14.3 Å². The first kappa shape index (κ1) is 13.7. The maximum atomic E-state index is 12.1. The Labute approximate surface area is 118 Å². The number of sulfonamides is 1. The number of rotatable bonds is 4. The van der Waals surface area contributed by atoms with Gasteiger partial charge in [0.15, 0.2) is 0 Å². The van der Waals surface area contributed by atoms with Gasteiger partial charge in [-0.2, -0.15) is 0 Å². The zero-order valence-electron chi connectivity index (χ0n) is 9.84. The van der Waals surface area contributed by atoms with Crippen LogP contribution in [0.2, 0.25) is 0 Å². The predicted octanol–water partition coefficient (Wildman–Crippen LogP) is 2.03. The van der Waals surface area contributed by atoms with Gasteiger partial charge in [0.05, 0.1) is 15.2 Å². The normalized spacial score (nSPS) is 11.9. The third-order valence-corrected chi connectivity index (χ3v) is 5.68. The van der Waals surface area contributed by atoms with Gasteiger partial charge < -0.3 is 4.57 Å². The van der Waals surface area contributed by atoms with Crippen molar-refractivity contribution in [2.75, 3.05) is 0 Å². The number of hydrogen-bond donors (Lipinski definition) is 1. The summed E-state index contributed by atoms with van der Waals surface area (Å²) in [7, 11) is -1.66. The minimum absolute atomic E-state index is 0.179. The fourth-order valence-electron chi connectivity index (χ4n) is 1.50. The van der Waals surface area contributed by atoms with Crippen molar-refractivity contribution in [1.29, 1.82) is 0 Å². The van der Waals surface area contributed by atoms with Crippen molar-refractivity contribution < 1.29 is 8.42 Å². The predicted molar refractivity (Wildman–Crippen MR) is 74.0 cm³/mol. The quantitative estimate of drug-likeness (QED) is 0.918. The lowest BCUT2D eigenvalue weighted by Crippen LogP contribution is -2.24. The fraction of sp³-hybridized carbons (Fsp3) is 0.300. The number of thiophene rings is 1. The molecule has 2 aromatic rings. The van der Waals surface area contributed by atoms with E-state index in [4.69, 9.17) is 0 Å². The van der Waals surface area contributed by atoms with Gasteiger partial charge in [-0.15, -0.1) is 11.3 Å². The lowest BCUT2D eigenvalue weighted by atomic mass is 10.5. The van der Waals surface area contributed by atoms with Crippen LogP contribution in [0, 0.1) is 6.92 Å². The summed E-state index contributed by atoms with van der Waals surface area (Å²) in [6, 6.07) is 1.61. The number of aryl methyl sites for hydroxylation is 2. The molecule has 0 aromatic carbocycles. The van der Waals surface area contributed by atoms with Crippen LogP contribution in [0.25, 0.3) is 0 Å². The van der Waals surface area contributed by atoms with Crippen LogP contribution in [0.1, 0.15) is 10.7 Å². The Kier molecular flexibility index (Phi) is 3.90. The standard InChI is InChI=1S/C10H12BrN3O2S2/c1-7-8(5-9(11)17-7)18(15,16)13-6-10-12-3-4-14(10)2/h3-5,13H,6H2,1-2H3. The Bertz CT molecular complexity index is 660. The minimum Gasteiger partial charge on any atom is -0.337 e. The van der Waals surface area contributed by atoms with Gasteiger partial charge in [-0.1, -0.05) is 0 Å². The number of hydrogen-bond acceptors (Lipinski definition) is 4. The molecule has 0 spiro atoms. The van der Waals surface area contributed by atoms with E-state index in [0.717, 1.165) is 8.66 Å². The van der Waals surface area contributed by atoms with Crippen molar-refractivity contribution in [2.24, 2.45) is 7.05 Å². The van der Waals surface area contributed by atoms with Crippen molar-refractivity contribution in [3.63, 3.8) is 0 Å². The second-order valence-electron chi connectivity index (χ2n) is 3.75. The SMILES string of the molecule is Cc1sc(Br)cc1S(=O)(=O)NCc1nccn1C. The van der Waals surface area contributed by atoms with Crippen LogP contribution in [0.5, 0.6) is 0 Å². The van der Waals surface area contributed by atoms with Crippen LogP contribution < -0.4 is 4.72 Å². The molecule has 0 saturated heterocycles. The highest BCUT2D eigenvalue weighted by Crippen LogP contribution is 2.29. The Morgan fingerprint density at radius 3 is 2.78 bits per heavy atom. The van der Waals surface area contributed by atoms with Crippen molar-refractivity contribution in [3.8, 4) is 0 Å². The largest absolute Gasteiger partial charge is 0.337 e. The summed E-state index contributed by atoms with van der Waals surface area (Å²) >= 11 is 4.69. The van der Waals surface area contributed by atoms with Crippen molar-refractivity contribution in [3.05, 3.63) is 32.9 Å². The first-order valence-electron chi connectivity index (χ1n) is 5.12. The van der Waals surface area contributed by atoms with Crippen molar-refractivity contribution >= 4 is 37.3 Å². The molecule has 0 aliphatic heterocycles. The second kappa shape index (κ2) is 5.12. The molecule has 0 amide bonds. The van der Waals surface area contributed by atoms with Gasteiger partial charge >= 0.3 is 0 Å². The molecule has 1 N–H and O–H groups in total. The van der Waals surface area contributed by atoms with Gasteiger partial charge in [-0.3, -0.25) is 0 Å². The summed E-state index contributed by atoms with van der Waals surface area (Å²) in [5.41, 5.74) is 0. The molecule has 2 rings (SSSR count). The van der Waals surface area contributed by atoms with Crippen LogP contribution in [-0.2, 0) is 23.6 Å². The van der Waals surface area contributed by atoms with Gasteiger partial charge in [-0.25, -0.2) is 18.1 Å². The highest BCUT2D eigenvalue weighted by molar-refractivity contribution is 9.11. The monoisotopic (exact) mass is 349 g/mol. The van der Waals surface area contributed by atoms with E-state index in [2.05, 4.69) is 25.6 Å². The Morgan fingerprint density at radius 2 is 2.28 bits per heavy atom. The molecule has 0 aliphatic carbocycles. The average Bonchev–Trinajstić information content (AvgIpc) is 2.82. The van der Waals surface area contributed by atoms with E-state index in [1.165, 1.54) is 11.3 Å². The van der Waals surface area contributed by atoms with E-state index in [1.807, 2.05) is 7.05 Å². The fourth-order valence-corrected chi connectivity index (χ4v) is 4.89. The molecule has 8 heteroatoms. The Morgan fingerprint density at radius 1 is 1.56 bits per heavy atom. The number of aromatic nitrogens is 2. The topological polar surface area (TPSA) is 64.0 Å². The number of halogens is 1. The summed E-state index contributed by atoms with van der Waals surface area (Å²) in [5.74, 6) is 0.672. The zero-order valence-corrected chi connectivity index (χ0v) is 13.1. The van der Waals surface area contributed by atoms with E-state index in [0.29, 0.717) is 10.7 Å². The van der Waals surface area contributed by atoms with Gasteiger partial charge in [0.1, 0.15) is 5.82 Å². The summed E-state index contributed by atoms with van der Waals surface area (Å²) < 4.78 is 29.3. The maximum absolute atomic E-state index is 12.1. The highest BCUT2D eigenvalue weighted by atomic mass is 79.9. The number of nitrogens with zero attached hydrogens (tertiary/aromatic N) is 2. The van der Waals surface area contributed by atoms with E-state index in [-0.39, 0.29) is 6.54 Å². The number of imidazole rings is 1. The van der Waals surface area contributed by atoms with Crippen LogP contribution in [0.3, 0.4) is 0 Å². The first-order chi connectivity index (χ1) is 8.40. The van der Waals surface area contributed by atoms with Crippen LogP contribution >= 0.6 is 27.3 Å². The molecule has 0 radical (unpaired) electrons. The molecule has 2 aromatic heterocycles. The van der Waals surface area contributed by atoms with E-state index in [9.17, 15) is 8.42 Å². The lowest BCUT2D eigenvalue weighted by Gasteiger charge is -2.06. The summed E-state index contributed by atoms with van der Waals surface area (Å²) in [5, 5.41) is 0. The smallest absolute Gasteiger partial charge is 0.242 e. The van der Waals surface area contributed by atoms with Crippen LogP contribution in [-0.4, -0.2) is 18.0 Å². The summed E-state index contributed by atoms with van der Waals surface area (Å²) in [6.45, 7) is 1.96. The molecule has 0 unspecified atom stereocenters. The summed E-state index contributed by atoms with van der Waals surface area (Å²) in [4.78, 5) is 5.14. The first-order valence-corrected chi connectivity index (χ1v) is 8.21. The Balaban J connectivity index is 2.18. The van der Waals surface area contributed by atoms with Crippen molar-refractivity contribution in [2.45, 2.75) is 18.4 Å². The van der Waals surface area contributed by atoms with E-state index < -0.39 is 10.0 Å². The van der Waals surface area contributed by atoms with Gasteiger partial charge in [0.2, 0.25) is 10.0 Å². The van der Waals surface area contributed by atoms with Crippen LogP contribution in [0.4, 0.5) is 0 Å². The average molecular weight is 350 g/mol. The third kappa shape index (κ3) is 2.82. The molecule has 0 fully saturated rings. The van der Waals surface area contributed by atoms with E-state index >= 15 is 0 Å². The molecule has 98 valence electrons. The summed E-state index contributed by atoms with van der Waals surface area (Å²) in [6.07, 6.45) is 3.41. The zero-order chi connectivity index (χ0) is 13.3. The van der Waals surface area contributed by atoms with Gasteiger partial charge in [0, 0.05) is 24.3 Å². The molecule has 5 nitrogen and oxygen atoms in total. The minimum atomic E-state index is -3.49. The molecule has 0 saturated carbocycles. The molecular formula is C10H12BrN3O2S2. The van der Waals surface area contributed by atoms with Gasteiger partial charge in [0.25, 0.3) is 0 Å². The molecule has 0 atom stereocenters. The van der Waals surface area contributed by atoms with Crippen LogP contribution in [0.15, 0.2) is 27.1 Å².